The quantitative estimate of drug-likeness (QED) is 0.486. The Morgan fingerprint density at radius 3 is 2.62 bits per heavy atom. The second kappa shape index (κ2) is 10.3. The van der Waals surface area contributed by atoms with Gasteiger partial charge in [0.15, 0.2) is 5.76 Å². The van der Waals surface area contributed by atoms with E-state index in [0.29, 0.717) is 23.7 Å². The second-order valence-electron chi connectivity index (χ2n) is 8.23. The zero-order valence-corrected chi connectivity index (χ0v) is 18.6. The molecule has 0 atom stereocenters. The van der Waals surface area contributed by atoms with E-state index in [9.17, 15) is 4.79 Å². The van der Waals surface area contributed by atoms with Crippen LogP contribution in [0.4, 0.5) is 4.79 Å². The summed E-state index contributed by atoms with van der Waals surface area (Å²) in [5.74, 6) is 1.31. The van der Waals surface area contributed by atoms with Crippen LogP contribution in [0.5, 0.6) is 5.75 Å². The molecule has 1 amide bonds. The van der Waals surface area contributed by atoms with Gasteiger partial charge in [-0.2, -0.15) is 0 Å². The van der Waals surface area contributed by atoms with Crippen LogP contribution in [0.15, 0.2) is 53.2 Å². The fraction of sp³-hybridized carbons (Fsp3) is 0.400. The molecule has 1 fully saturated rings. The van der Waals surface area contributed by atoms with Gasteiger partial charge in [0, 0.05) is 12.6 Å². The number of aryl methyl sites for hydroxylation is 1. The number of benzene rings is 1. The summed E-state index contributed by atoms with van der Waals surface area (Å²) in [6.45, 7) is 2.38. The van der Waals surface area contributed by atoms with Gasteiger partial charge in [0.1, 0.15) is 18.1 Å². The molecule has 168 valence electrons. The first kappa shape index (κ1) is 21.9. The molecular formula is C25H29N3O4. The summed E-state index contributed by atoms with van der Waals surface area (Å²) in [4.78, 5) is 18.5. The Bertz CT molecular complexity index is 1010. The van der Waals surface area contributed by atoms with Gasteiger partial charge >= 0.3 is 6.09 Å². The number of ether oxygens (including phenoxy) is 2. The maximum absolute atomic E-state index is 12.5. The average Bonchev–Trinajstić information content (AvgIpc) is 3.19. The van der Waals surface area contributed by atoms with Crippen molar-refractivity contribution in [3.8, 4) is 17.2 Å². The summed E-state index contributed by atoms with van der Waals surface area (Å²) in [6, 6.07) is 13.4. The van der Waals surface area contributed by atoms with Crippen LogP contribution in [0.3, 0.4) is 0 Å². The molecule has 0 saturated heterocycles. The molecule has 1 aliphatic rings. The zero-order valence-electron chi connectivity index (χ0n) is 18.6. The minimum absolute atomic E-state index is 0.226. The van der Waals surface area contributed by atoms with Crippen LogP contribution in [-0.4, -0.2) is 34.3 Å². The van der Waals surface area contributed by atoms with Crippen molar-refractivity contribution in [2.45, 2.75) is 58.3 Å². The van der Waals surface area contributed by atoms with E-state index >= 15 is 0 Å². The topological polar surface area (TPSA) is 77.7 Å². The van der Waals surface area contributed by atoms with Gasteiger partial charge in [-0.25, -0.2) is 9.78 Å². The van der Waals surface area contributed by atoms with Gasteiger partial charge in [0.2, 0.25) is 0 Å². The first-order valence-corrected chi connectivity index (χ1v) is 11.1. The monoisotopic (exact) mass is 435 g/mol. The molecule has 0 unspecified atom stereocenters. The maximum atomic E-state index is 12.5. The highest BCUT2D eigenvalue weighted by Crippen LogP contribution is 2.28. The van der Waals surface area contributed by atoms with Crippen LogP contribution < -0.4 is 4.74 Å². The Morgan fingerprint density at radius 2 is 1.91 bits per heavy atom. The van der Waals surface area contributed by atoms with Gasteiger partial charge < -0.3 is 18.9 Å². The highest BCUT2D eigenvalue weighted by molar-refractivity contribution is 5.68. The minimum atomic E-state index is -0.412. The fourth-order valence-electron chi connectivity index (χ4n) is 3.87. The van der Waals surface area contributed by atoms with Crippen molar-refractivity contribution in [1.29, 1.82) is 0 Å². The Hall–Kier alpha value is -3.35. The van der Waals surface area contributed by atoms with Crippen LogP contribution in [0.2, 0.25) is 0 Å². The SMILES string of the molecule is Cc1noc(-c2ccc(OC3CCCCC3)cn2)c1CN(C)C(=O)OCc1ccccc1. The van der Waals surface area contributed by atoms with E-state index in [-0.39, 0.29) is 12.7 Å². The predicted molar refractivity (Wildman–Crippen MR) is 120 cm³/mol. The van der Waals surface area contributed by atoms with E-state index < -0.39 is 6.09 Å². The maximum Gasteiger partial charge on any atom is 0.410 e. The number of rotatable bonds is 7. The summed E-state index contributed by atoms with van der Waals surface area (Å²) in [7, 11) is 1.69. The third-order valence-electron chi connectivity index (χ3n) is 5.72. The van der Waals surface area contributed by atoms with Gasteiger partial charge in [-0.15, -0.1) is 0 Å². The van der Waals surface area contributed by atoms with E-state index in [4.69, 9.17) is 14.0 Å². The molecule has 1 aromatic carbocycles. The van der Waals surface area contributed by atoms with Crippen molar-refractivity contribution < 1.29 is 18.8 Å². The number of pyridine rings is 1. The summed E-state index contributed by atoms with van der Waals surface area (Å²) in [5.41, 5.74) is 3.11. The number of carbonyl (C=O) groups is 1. The molecule has 2 heterocycles. The van der Waals surface area contributed by atoms with Crippen molar-refractivity contribution in [3.63, 3.8) is 0 Å². The lowest BCUT2D eigenvalue weighted by molar-refractivity contribution is 0.103. The third kappa shape index (κ3) is 5.46. The molecule has 1 aliphatic carbocycles. The summed E-state index contributed by atoms with van der Waals surface area (Å²) < 4.78 is 17.0. The summed E-state index contributed by atoms with van der Waals surface area (Å²) in [5, 5.41) is 4.09. The summed E-state index contributed by atoms with van der Waals surface area (Å²) in [6.07, 6.45) is 7.51. The second-order valence-corrected chi connectivity index (χ2v) is 8.23. The minimum Gasteiger partial charge on any atom is -0.489 e. The molecule has 0 radical (unpaired) electrons. The normalized spacial score (nSPS) is 14.2. The van der Waals surface area contributed by atoms with Crippen molar-refractivity contribution in [2.24, 2.45) is 0 Å². The van der Waals surface area contributed by atoms with Crippen LogP contribution in [0.25, 0.3) is 11.5 Å². The number of carbonyl (C=O) groups excluding carboxylic acids is 1. The molecule has 7 heteroatoms. The van der Waals surface area contributed by atoms with Crippen LogP contribution in [0, 0.1) is 6.92 Å². The molecule has 4 rings (SSSR count). The van der Waals surface area contributed by atoms with E-state index in [1.807, 2.05) is 49.4 Å². The van der Waals surface area contributed by atoms with Gasteiger partial charge in [-0.3, -0.25) is 0 Å². The molecule has 0 aliphatic heterocycles. The Labute approximate surface area is 188 Å². The van der Waals surface area contributed by atoms with Gasteiger partial charge in [0.05, 0.1) is 24.5 Å². The lowest BCUT2D eigenvalue weighted by atomic mass is 9.98. The fourth-order valence-corrected chi connectivity index (χ4v) is 3.87. The Balaban J connectivity index is 1.39. The largest absolute Gasteiger partial charge is 0.489 e. The van der Waals surface area contributed by atoms with Crippen LogP contribution in [-0.2, 0) is 17.9 Å². The predicted octanol–water partition coefficient (Wildman–Crippen LogP) is 5.53. The Kier molecular flexibility index (Phi) is 7.04. The first-order valence-electron chi connectivity index (χ1n) is 11.1. The van der Waals surface area contributed by atoms with Gasteiger partial charge in [-0.1, -0.05) is 41.9 Å². The van der Waals surface area contributed by atoms with Crippen LogP contribution in [0.1, 0.15) is 48.9 Å². The van der Waals surface area contributed by atoms with E-state index in [0.717, 1.165) is 29.7 Å². The lowest BCUT2D eigenvalue weighted by Crippen LogP contribution is -2.27. The smallest absolute Gasteiger partial charge is 0.410 e. The lowest BCUT2D eigenvalue weighted by Gasteiger charge is -2.22. The number of nitrogens with zero attached hydrogens (tertiary/aromatic N) is 3. The molecule has 32 heavy (non-hydrogen) atoms. The number of amides is 1. The molecule has 2 aromatic heterocycles. The molecule has 1 saturated carbocycles. The zero-order chi connectivity index (χ0) is 22.3. The number of hydrogen-bond donors (Lipinski definition) is 0. The molecule has 0 N–H and O–H groups in total. The molecule has 0 spiro atoms. The third-order valence-corrected chi connectivity index (χ3v) is 5.72. The molecule has 3 aromatic rings. The van der Waals surface area contributed by atoms with Crippen molar-refractivity contribution in [3.05, 3.63) is 65.5 Å². The molecular weight excluding hydrogens is 406 g/mol. The first-order chi connectivity index (χ1) is 15.6. The van der Waals surface area contributed by atoms with E-state index in [1.54, 1.807) is 13.2 Å². The van der Waals surface area contributed by atoms with Crippen molar-refractivity contribution >= 4 is 6.09 Å². The van der Waals surface area contributed by atoms with E-state index in [1.165, 1.54) is 24.2 Å². The van der Waals surface area contributed by atoms with Gasteiger partial charge in [-0.05, 0) is 50.3 Å². The number of aromatic nitrogens is 2. The van der Waals surface area contributed by atoms with Crippen LogP contribution >= 0.6 is 0 Å². The molecule has 7 nitrogen and oxygen atoms in total. The number of hydrogen-bond acceptors (Lipinski definition) is 6. The Morgan fingerprint density at radius 1 is 1.12 bits per heavy atom. The molecule has 0 bridgehead atoms. The van der Waals surface area contributed by atoms with Gasteiger partial charge in [0.25, 0.3) is 0 Å². The van der Waals surface area contributed by atoms with Crippen molar-refractivity contribution in [2.75, 3.05) is 7.05 Å². The highest BCUT2D eigenvalue weighted by Gasteiger charge is 2.21. The average molecular weight is 436 g/mol. The van der Waals surface area contributed by atoms with Crippen molar-refractivity contribution in [1.82, 2.24) is 15.0 Å². The summed E-state index contributed by atoms with van der Waals surface area (Å²) >= 11 is 0. The standard InChI is InChI=1S/C25H29N3O4/c1-18-22(16-28(2)25(29)30-17-19-9-5-3-6-10-19)24(32-27-18)23-14-13-21(15-26-23)31-20-11-7-4-8-12-20/h3,5-6,9-10,13-15,20H,4,7-8,11-12,16-17H2,1-2H3. The highest BCUT2D eigenvalue weighted by atomic mass is 16.6. The van der Waals surface area contributed by atoms with E-state index in [2.05, 4.69) is 10.1 Å².